The van der Waals surface area contributed by atoms with Crippen molar-refractivity contribution in [2.75, 3.05) is 16.8 Å². The van der Waals surface area contributed by atoms with Gasteiger partial charge in [0.05, 0.1) is 15.7 Å². The first kappa shape index (κ1) is 18.3. The second-order valence-electron chi connectivity index (χ2n) is 5.28. The van der Waals surface area contributed by atoms with Crippen LogP contribution in [0.2, 0.25) is 10.0 Å². The van der Waals surface area contributed by atoms with Gasteiger partial charge in [0, 0.05) is 12.6 Å². The second-order valence-corrected chi connectivity index (χ2v) is 6.06. The molecule has 0 aliphatic rings. The Morgan fingerprint density at radius 1 is 1.08 bits per heavy atom. The van der Waals surface area contributed by atoms with Crippen molar-refractivity contribution in [3.63, 3.8) is 0 Å². The number of hydrogen-bond donors (Lipinski definition) is 1. The molecule has 0 radical (unpaired) electrons. The molecule has 2 rings (SSSR count). The molecule has 0 aromatic heterocycles. The predicted octanol–water partition coefficient (Wildman–Crippen LogP) is 4.55. The summed E-state index contributed by atoms with van der Waals surface area (Å²) < 4.78 is 0. The van der Waals surface area contributed by atoms with Gasteiger partial charge in [0.25, 0.3) is 0 Å². The van der Waals surface area contributed by atoms with E-state index in [0.717, 1.165) is 6.42 Å². The summed E-state index contributed by atoms with van der Waals surface area (Å²) >= 11 is 12.1. The van der Waals surface area contributed by atoms with Crippen LogP contribution in [0.3, 0.4) is 0 Å². The smallest absolute Gasteiger partial charge is 0.244 e. The zero-order chi connectivity index (χ0) is 17.7. The number of nitrogens with zero attached hydrogens (tertiary/aromatic N) is 1. The average Bonchev–Trinajstić information content (AvgIpc) is 2.56. The summed E-state index contributed by atoms with van der Waals surface area (Å²) in [6.45, 7) is 3.29. The van der Waals surface area contributed by atoms with E-state index in [1.807, 2.05) is 24.3 Å². The molecular formula is C18H18Cl2N2O2. The lowest BCUT2D eigenvalue weighted by Gasteiger charge is -2.22. The van der Waals surface area contributed by atoms with E-state index in [1.165, 1.54) is 17.4 Å². The highest BCUT2D eigenvalue weighted by molar-refractivity contribution is 6.44. The zero-order valence-corrected chi connectivity index (χ0v) is 15.0. The maximum absolute atomic E-state index is 12.3. The lowest BCUT2D eigenvalue weighted by molar-refractivity contribution is -0.120. The van der Waals surface area contributed by atoms with Gasteiger partial charge in [-0.15, -0.1) is 0 Å². The number of halogens is 2. The number of nitrogens with one attached hydrogen (secondary N) is 1. The van der Waals surface area contributed by atoms with Crippen molar-refractivity contribution in [3.05, 3.63) is 58.1 Å². The van der Waals surface area contributed by atoms with Crippen LogP contribution in [0.25, 0.3) is 0 Å². The van der Waals surface area contributed by atoms with Gasteiger partial charge in [0.1, 0.15) is 6.54 Å². The number of amides is 2. The van der Waals surface area contributed by atoms with E-state index in [2.05, 4.69) is 12.2 Å². The first-order valence-electron chi connectivity index (χ1n) is 7.53. The molecule has 0 aliphatic heterocycles. The average molecular weight is 365 g/mol. The molecule has 2 aromatic carbocycles. The Morgan fingerprint density at radius 2 is 1.75 bits per heavy atom. The van der Waals surface area contributed by atoms with Crippen LogP contribution in [0.5, 0.6) is 0 Å². The molecular weight excluding hydrogens is 347 g/mol. The Bertz CT molecular complexity index is 745. The van der Waals surface area contributed by atoms with Crippen molar-refractivity contribution in [2.24, 2.45) is 0 Å². The van der Waals surface area contributed by atoms with Crippen LogP contribution >= 0.6 is 23.2 Å². The van der Waals surface area contributed by atoms with Crippen LogP contribution < -0.4 is 10.2 Å². The van der Waals surface area contributed by atoms with Crippen LogP contribution in [-0.2, 0) is 16.0 Å². The van der Waals surface area contributed by atoms with Crippen molar-refractivity contribution in [2.45, 2.75) is 20.3 Å². The zero-order valence-electron chi connectivity index (χ0n) is 13.5. The highest BCUT2D eigenvalue weighted by Gasteiger charge is 2.19. The van der Waals surface area contributed by atoms with Crippen molar-refractivity contribution >= 4 is 46.4 Å². The Balaban J connectivity index is 2.13. The van der Waals surface area contributed by atoms with Gasteiger partial charge >= 0.3 is 0 Å². The van der Waals surface area contributed by atoms with E-state index in [0.29, 0.717) is 16.4 Å². The molecule has 0 atom stereocenters. The lowest BCUT2D eigenvalue weighted by atomic mass is 10.1. The lowest BCUT2D eigenvalue weighted by Crippen LogP contribution is -2.36. The number of aryl methyl sites for hydroxylation is 1. The van der Waals surface area contributed by atoms with Gasteiger partial charge in [0.2, 0.25) is 11.8 Å². The Labute approximate surface area is 151 Å². The summed E-state index contributed by atoms with van der Waals surface area (Å²) in [5, 5.41) is 3.35. The third-order valence-electron chi connectivity index (χ3n) is 3.55. The van der Waals surface area contributed by atoms with Gasteiger partial charge in [0.15, 0.2) is 0 Å². The van der Waals surface area contributed by atoms with Crippen molar-refractivity contribution in [1.82, 2.24) is 0 Å². The third-order valence-corrected chi connectivity index (χ3v) is 4.36. The molecule has 0 aliphatic carbocycles. The number of rotatable bonds is 5. The summed E-state index contributed by atoms with van der Waals surface area (Å²) in [6.07, 6.45) is 0.930. The van der Waals surface area contributed by atoms with Crippen LogP contribution in [0, 0.1) is 0 Å². The summed E-state index contributed by atoms with van der Waals surface area (Å²) in [7, 11) is 0. The van der Waals surface area contributed by atoms with Gasteiger partial charge in [-0.05, 0) is 36.2 Å². The van der Waals surface area contributed by atoms with E-state index < -0.39 is 0 Å². The topological polar surface area (TPSA) is 49.4 Å². The molecule has 6 heteroatoms. The first-order valence-corrected chi connectivity index (χ1v) is 8.29. The standard InChI is InChI=1S/C18H18Cl2N2O2/c1-3-13-7-9-14(10-8-13)21-17(24)11-22(12(2)23)16-6-4-5-15(19)18(16)20/h4-10H,3,11H2,1-2H3,(H,21,24). The number of benzene rings is 2. The maximum Gasteiger partial charge on any atom is 0.244 e. The summed E-state index contributed by atoms with van der Waals surface area (Å²) in [5.74, 6) is -0.610. The van der Waals surface area contributed by atoms with Gasteiger partial charge in [-0.25, -0.2) is 0 Å². The summed E-state index contributed by atoms with van der Waals surface area (Å²) in [5.41, 5.74) is 2.27. The molecule has 0 saturated carbocycles. The maximum atomic E-state index is 12.3. The fourth-order valence-corrected chi connectivity index (χ4v) is 2.63. The number of carbonyl (C=O) groups is 2. The molecule has 0 spiro atoms. The highest BCUT2D eigenvalue weighted by Crippen LogP contribution is 2.32. The molecule has 1 N–H and O–H groups in total. The van der Waals surface area contributed by atoms with E-state index in [4.69, 9.17) is 23.2 Å². The van der Waals surface area contributed by atoms with E-state index in [-0.39, 0.29) is 23.4 Å². The van der Waals surface area contributed by atoms with Crippen molar-refractivity contribution in [3.8, 4) is 0 Å². The van der Waals surface area contributed by atoms with Crippen LogP contribution in [0.4, 0.5) is 11.4 Å². The quantitative estimate of drug-likeness (QED) is 0.845. The SMILES string of the molecule is CCc1ccc(NC(=O)CN(C(C)=O)c2cccc(Cl)c2Cl)cc1. The minimum absolute atomic E-state index is 0.148. The molecule has 4 nitrogen and oxygen atoms in total. The normalized spacial score (nSPS) is 10.3. The van der Waals surface area contributed by atoms with Gasteiger partial charge in [-0.2, -0.15) is 0 Å². The Hall–Kier alpha value is -2.04. The predicted molar refractivity (Wildman–Crippen MR) is 98.9 cm³/mol. The number of carbonyl (C=O) groups excluding carboxylic acids is 2. The molecule has 0 bridgehead atoms. The Morgan fingerprint density at radius 3 is 2.33 bits per heavy atom. The molecule has 0 fully saturated rings. The number of anilines is 2. The van der Waals surface area contributed by atoms with Crippen LogP contribution in [-0.4, -0.2) is 18.4 Å². The monoisotopic (exact) mass is 364 g/mol. The molecule has 126 valence electrons. The molecule has 2 amide bonds. The molecule has 24 heavy (non-hydrogen) atoms. The van der Waals surface area contributed by atoms with E-state index in [9.17, 15) is 9.59 Å². The fourth-order valence-electron chi connectivity index (χ4n) is 2.23. The van der Waals surface area contributed by atoms with E-state index >= 15 is 0 Å². The fraction of sp³-hybridized carbons (Fsp3) is 0.222. The third kappa shape index (κ3) is 4.49. The molecule has 0 saturated heterocycles. The van der Waals surface area contributed by atoms with Crippen LogP contribution in [0.1, 0.15) is 19.4 Å². The molecule has 0 unspecified atom stereocenters. The van der Waals surface area contributed by atoms with Crippen LogP contribution in [0.15, 0.2) is 42.5 Å². The largest absolute Gasteiger partial charge is 0.325 e. The van der Waals surface area contributed by atoms with Gasteiger partial charge in [-0.1, -0.05) is 48.3 Å². The Kier molecular flexibility index (Phi) is 6.23. The summed E-state index contributed by atoms with van der Waals surface area (Å²) in [4.78, 5) is 25.5. The molecule has 0 heterocycles. The minimum Gasteiger partial charge on any atom is -0.325 e. The second kappa shape index (κ2) is 8.18. The minimum atomic E-state index is -0.314. The van der Waals surface area contributed by atoms with Crippen molar-refractivity contribution in [1.29, 1.82) is 0 Å². The van der Waals surface area contributed by atoms with Gasteiger partial charge in [-0.3, -0.25) is 9.59 Å². The highest BCUT2D eigenvalue weighted by atomic mass is 35.5. The first-order chi connectivity index (χ1) is 11.4. The van der Waals surface area contributed by atoms with E-state index in [1.54, 1.807) is 18.2 Å². The van der Waals surface area contributed by atoms with Crippen molar-refractivity contribution < 1.29 is 9.59 Å². The van der Waals surface area contributed by atoms with Gasteiger partial charge < -0.3 is 10.2 Å². The molecule has 2 aromatic rings. The summed E-state index contributed by atoms with van der Waals surface area (Å²) in [6, 6.07) is 12.5. The number of hydrogen-bond acceptors (Lipinski definition) is 2.